The van der Waals surface area contributed by atoms with Gasteiger partial charge in [-0.25, -0.2) is 0 Å². The zero-order chi connectivity index (χ0) is 23.9. The van der Waals surface area contributed by atoms with Crippen LogP contribution in [0.25, 0.3) is 5.88 Å². The average molecular weight is 474 g/mol. The maximum absolute atomic E-state index is 13.6. The molecule has 2 aromatic rings. The Morgan fingerprint density at radius 2 is 1.65 bits per heavy atom. The summed E-state index contributed by atoms with van der Waals surface area (Å²) in [6, 6.07) is 11.6. The Morgan fingerprint density at radius 1 is 0.971 bits per heavy atom. The fourth-order valence-corrected chi connectivity index (χ4v) is 5.52. The van der Waals surface area contributed by atoms with Gasteiger partial charge in [0.1, 0.15) is 18.0 Å². The summed E-state index contributed by atoms with van der Waals surface area (Å²) in [5.74, 6) is 0.277. The van der Waals surface area contributed by atoms with Crippen LogP contribution in [0.2, 0.25) is 0 Å². The third-order valence-corrected chi connectivity index (χ3v) is 7.23. The van der Waals surface area contributed by atoms with Gasteiger partial charge in [-0.3, -0.25) is 9.89 Å². The second-order valence-electron chi connectivity index (χ2n) is 9.44. The third-order valence-electron chi connectivity index (χ3n) is 7.23. The molecule has 2 aliphatic heterocycles. The summed E-state index contributed by atoms with van der Waals surface area (Å²) in [5, 5.41) is 10.7. The zero-order valence-corrected chi connectivity index (χ0v) is 19.3. The topological polar surface area (TPSA) is 48.3 Å². The van der Waals surface area contributed by atoms with Gasteiger partial charge in [-0.2, -0.15) is 13.2 Å². The molecule has 1 aliphatic carbocycles. The van der Waals surface area contributed by atoms with E-state index in [1.807, 2.05) is 12.1 Å². The molecule has 5 rings (SSSR count). The number of hydrogen-bond donors (Lipinski definition) is 1. The quantitative estimate of drug-likeness (QED) is 0.705. The van der Waals surface area contributed by atoms with Gasteiger partial charge in [-0.05, 0) is 69.0 Å². The Balaban J connectivity index is 1.32. The van der Waals surface area contributed by atoms with Crippen molar-refractivity contribution in [3.63, 3.8) is 0 Å². The van der Waals surface area contributed by atoms with Crippen molar-refractivity contribution in [3.8, 4) is 5.75 Å². The molecule has 0 spiro atoms. The molecule has 5 nitrogen and oxygen atoms in total. The highest BCUT2D eigenvalue weighted by Crippen LogP contribution is 2.31. The molecule has 2 heterocycles. The van der Waals surface area contributed by atoms with Crippen molar-refractivity contribution < 1.29 is 23.0 Å². The minimum Gasteiger partial charge on any atom is -0.494 e. The van der Waals surface area contributed by atoms with E-state index in [9.17, 15) is 18.3 Å². The van der Waals surface area contributed by atoms with Crippen LogP contribution in [0.4, 0.5) is 18.9 Å². The van der Waals surface area contributed by atoms with Crippen molar-refractivity contribution in [2.45, 2.75) is 69.9 Å². The molecule has 2 aromatic carbocycles. The minimum absolute atomic E-state index is 0.139. The number of rotatable bonds is 4. The number of anilines is 1. The van der Waals surface area contributed by atoms with E-state index in [0.29, 0.717) is 5.69 Å². The lowest BCUT2D eigenvalue weighted by Gasteiger charge is -2.36. The standard InChI is InChI=1S/C26H30F3N3O2/c1-17-30-23-8-4-7-22(26(27,28)29)24(23)25(33)32(17)19-9-11-20(12-10-19)34-21-13-15-31(16-14-21)18-5-2-3-6-18/h4,7-12,17-18,21,33H,2-3,5-6,13-16H2,1H3. The Labute approximate surface area is 197 Å². The number of piperidine rings is 1. The second kappa shape index (κ2) is 9.13. The monoisotopic (exact) mass is 473 g/mol. The smallest absolute Gasteiger partial charge is 0.417 e. The van der Waals surface area contributed by atoms with Gasteiger partial charge in [0.05, 0.1) is 16.1 Å². The van der Waals surface area contributed by atoms with E-state index in [-0.39, 0.29) is 16.7 Å². The van der Waals surface area contributed by atoms with Crippen molar-refractivity contribution in [2.75, 3.05) is 18.0 Å². The highest BCUT2D eigenvalue weighted by Gasteiger charge is 2.35. The predicted molar refractivity (Wildman–Crippen MR) is 124 cm³/mol. The number of aliphatic hydroxyl groups is 1. The Bertz CT molecular complexity index is 1140. The summed E-state index contributed by atoms with van der Waals surface area (Å²) in [6.07, 6.45) is 2.30. The third kappa shape index (κ3) is 4.48. The molecule has 182 valence electrons. The van der Waals surface area contributed by atoms with Crippen LogP contribution in [-0.2, 0) is 6.18 Å². The van der Waals surface area contributed by atoms with Crippen molar-refractivity contribution in [1.82, 2.24) is 4.90 Å². The summed E-state index contributed by atoms with van der Waals surface area (Å²) in [6.45, 7) is 3.86. The highest BCUT2D eigenvalue weighted by atomic mass is 19.4. The van der Waals surface area contributed by atoms with E-state index in [0.717, 1.165) is 43.8 Å². The Morgan fingerprint density at radius 3 is 2.29 bits per heavy atom. The van der Waals surface area contributed by atoms with Crippen LogP contribution in [0.5, 0.6) is 5.75 Å². The fraction of sp³-hybridized carbons (Fsp3) is 0.500. The molecule has 34 heavy (non-hydrogen) atoms. The largest absolute Gasteiger partial charge is 0.494 e. The van der Waals surface area contributed by atoms with Crippen LogP contribution in [0.3, 0.4) is 0 Å². The summed E-state index contributed by atoms with van der Waals surface area (Å²) in [4.78, 5) is 8.41. The number of alkyl halides is 3. The molecule has 0 bridgehead atoms. The van der Waals surface area contributed by atoms with Gasteiger partial charge in [0.25, 0.3) is 0 Å². The first-order valence-electron chi connectivity index (χ1n) is 12.1. The molecule has 2 fully saturated rings. The normalized spacial score (nSPS) is 22.5. The van der Waals surface area contributed by atoms with E-state index < -0.39 is 23.8 Å². The van der Waals surface area contributed by atoms with Gasteiger partial charge in [0, 0.05) is 24.8 Å². The number of halogens is 3. The van der Waals surface area contributed by atoms with Crippen LogP contribution in [-0.4, -0.2) is 41.4 Å². The summed E-state index contributed by atoms with van der Waals surface area (Å²) < 4.78 is 46.9. The lowest BCUT2D eigenvalue weighted by Crippen LogP contribution is -2.47. The molecular formula is C26H30F3N3O2. The van der Waals surface area contributed by atoms with E-state index in [1.165, 1.54) is 42.7 Å². The Hall–Kier alpha value is -2.74. The second-order valence-corrected chi connectivity index (χ2v) is 9.44. The van der Waals surface area contributed by atoms with Gasteiger partial charge in [0.15, 0.2) is 0 Å². The average Bonchev–Trinajstić information content (AvgIpc) is 3.35. The van der Waals surface area contributed by atoms with Gasteiger partial charge in [-0.15, -0.1) is 0 Å². The van der Waals surface area contributed by atoms with E-state index in [4.69, 9.17) is 4.74 Å². The fourth-order valence-electron chi connectivity index (χ4n) is 5.52. The molecule has 3 aliphatic rings. The number of benzene rings is 2. The number of aliphatic hydroxyl groups excluding tert-OH is 1. The first-order chi connectivity index (χ1) is 16.3. The molecule has 1 atom stereocenters. The predicted octanol–water partition coefficient (Wildman–Crippen LogP) is 4.60. The molecule has 0 radical (unpaired) electrons. The molecule has 8 heteroatoms. The van der Waals surface area contributed by atoms with Crippen molar-refractivity contribution in [2.24, 2.45) is 4.99 Å². The van der Waals surface area contributed by atoms with Crippen LogP contribution in [0.1, 0.15) is 51.0 Å². The van der Waals surface area contributed by atoms with E-state index in [2.05, 4.69) is 9.89 Å². The van der Waals surface area contributed by atoms with Crippen LogP contribution in [0.15, 0.2) is 47.5 Å². The SMILES string of the molecule is CC1N=c2cccc(C(F)(F)F)c2=C(O)N1c1ccc(OC2CCN(C3CCCC3)CC2)cc1. The molecule has 0 amide bonds. The van der Waals surface area contributed by atoms with Gasteiger partial charge >= 0.3 is 6.18 Å². The lowest BCUT2D eigenvalue weighted by molar-refractivity contribution is -0.138. The molecule has 1 saturated carbocycles. The molecular weight excluding hydrogens is 443 g/mol. The molecule has 1 saturated heterocycles. The minimum atomic E-state index is -4.59. The van der Waals surface area contributed by atoms with Gasteiger partial charge in [0.2, 0.25) is 5.88 Å². The first kappa shape index (κ1) is 23.0. The van der Waals surface area contributed by atoms with Crippen LogP contribution < -0.4 is 20.2 Å². The summed E-state index contributed by atoms with van der Waals surface area (Å²) in [7, 11) is 0. The van der Waals surface area contributed by atoms with Gasteiger partial charge < -0.3 is 14.7 Å². The molecule has 1 unspecified atom stereocenters. The maximum Gasteiger partial charge on any atom is 0.417 e. The van der Waals surface area contributed by atoms with Crippen LogP contribution in [0, 0.1) is 0 Å². The highest BCUT2D eigenvalue weighted by molar-refractivity contribution is 5.66. The summed E-state index contributed by atoms with van der Waals surface area (Å²) in [5.41, 5.74) is -0.341. The van der Waals surface area contributed by atoms with E-state index >= 15 is 0 Å². The zero-order valence-electron chi connectivity index (χ0n) is 19.3. The lowest BCUT2D eigenvalue weighted by atomic mass is 10.0. The maximum atomic E-state index is 13.6. The first-order valence-corrected chi connectivity index (χ1v) is 12.1. The number of hydrogen-bond acceptors (Lipinski definition) is 5. The number of likely N-dealkylation sites (tertiary alicyclic amines) is 1. The van der Waals surface area contributed by atoms with Crippen molar-refractivity contribution >= 4 is 11.6 Å². The summed E-state index contributed by atoms with van der Waals surface area (Å²) >= 11 is 0. The van der Waals surface area contributed by atoms with Gasteiger partial charge in [-0.1, -0.05) is 18.9 Å². The molecule has 0 aromatic heterocycles. The Kier molecular flexibility index (Phi) is 6.18. The number of fused-ring (bicyclic) bond motifs is 1. The van der Waals surface area contributed by atoms with Crippen molar-refractivity contribution in [1.29, 1.82) is 0 Å². The van der Waals surface area contributed by atoms with Crippen LogP contribution >= 0.6 is 0 Å². The number of nitrogens with zero attached hydrogens (tertiary/aromatic N) is 3. The number of ether oxygens (including phenoxy) is 1. The van der Waals surface area contributed by atoms with Crippen molar-refractivity contribution in [3.05, 3.63) is 58.6 Å². The van der Waals surface area contributed by atoms with E-state index in [1.54, 1.807) is 19.1 Å². The molecule has 1 N–H and O–H groups in total.